The molecule has 2 amide bonds. The number of rotatable bonds is 20. The topological polar surface area (TPSA) is 87.7 Å². The molecule has 0 saturated carbocycles. The quantitative estimate of drug-likeness (QED) is 0.141. The Morgan fingerprint density at radius 2 is 1.20 bits per heavy atom. The van der Waals surface area contributed by atoms with Crippen LogP contribution in [-0.4, -0.2) is 54.0 Å². The molecule has 0 aliphatic carbocycles. The molecule has 200 valence electrons. The summed E-state index contributed by atoms with van der Waals surface area (Å²) in [5, 5.41) is 14.6. The van der Waals surface area contributed by atoms with Crippen LogP contribution in [0.3, 0.4) is 0 Å². The summed E-state index contributed by atoms with van der Waals surface area (Å²) < 4.78 is 5.94. The number of carbonyl (C=O) groups is 2. The Morgan fingerprint density at radius 3 is 1.60 bits per heavy atom. The minimum Gasteiger partial charge on any atom is -0.494 e. The fourth-order valence-corrected chi connectivity index (χ4v) is 4.21. The molecule has 6 nitrogen and oxygen atoms in total. The van der Waals surface area contributed by atoms with Crippen LogP contribution in [0, 0.1) is 0 Å². The second kappa shape index (κ2) is 19.7. The predicted molar refractivity (Wildman–Crippen MR) is 145 cm³/mol. The molecule has 35 heavy (non-hydrogen) atoms. The van der Waals surface area contributed by atoms with E-state index in [0.29, 0.717) is 41.9 Å². The van der Waals surface area contributed by atoms with Gasteiger partial charge in [0.25, 0.3) is 11.8 Å². The zero-order chi connectivity index (χ0) is 25.9. The third-order valence-corrected chi connectivity index (χ3v) is 6.78. The van der Waals surface area contributed by atoms with E-state index < -0.39 is 0 Å². The van der Waals surface area contributed by atoms with Crippen LogP contribution in [0.2, 0.25) is 0 Å². The van der Waals surface area contributed by atoms with Crippen molar-refractivity contribution in [2.24, 2.45) is 0 Å². The summed E-state index contributed by atoms with van der Waals surface area (Å²) in [7, 11) is 0. The normalized spacial score (nSPS) is 12.7. The first kappa shape index (κ1) is 31.5. The van der Waals surface area contributed by atoms with Crippen molar-refractivity contribution in [1.29, 1.82) is 0 Å². The van der Waals surface area contributed by atoms with Crippen molar-refractivity contribution < 1.29 is 19.4 Å². The number of ether oxygens (including phenoxy) is 1. The van der Waals surface area contributed by atoms with E-state index >= 15 is 0 Å². The first-order chi connectivity index (χ1) is 17.0. The number of hydrogen-bond donors (Lipinski definition) is 3. The first-order valence-corrected chi connectivity index (χ1v) is 14.2. The smallest absolute Gasteiger partial charge is 0.251 e. The van der Waals surface area contributed by atoms with Crippen molar-refractivity contribution in [3.8, 4) is 5.75 Å². The zero-order valence-electron chi connectivity index (χ0n) is 21.4. The van der Waals surface area contributed by atoms with Crippen molar-refractivity contribution in [3.05, 3.63) is 29.3 Å². The van der Waals surface area contributed by atoms with Crippen molar-refractivity contribution in [2.45, 2.75) is 96.6 Å². The molecular formula is C27H44Cl2N2O4. The minimum absolute atomic E-state index is 0.138. The molecule has 0 radical (unpaired) electrons. The van der Waals surface area contributed by atoms with Gasteiger partial charge in [0.05, 0.1) is 6.61 Å². The van der Waals surface area contributed by atoms with E-state index in [0.717, 1.165) is 44.9 Å². The van der Waals surface area contributed by atoms with Gasteiger partial charge < -0.3 is 20.5 Å². The summed E-state index contributed by atoms with van der Waals surface area (Å²) in [6.45, 7) is 4.74. The zero-order valence-corrected chi connectivity index (χ0v) is 22.9. The molecule has 1 rings (SSSR count). The molecule has 8 heteroatoms. The Labute approximate surface area is 221 Å². The molecule has 0 bridgehead atoms. The van der Waals surface area contributed by atoms with Gasteiger partial charge in [-0.25, -0.2) is 0 Å². The van der Waals surface area contributed by atoms with E-state index in [-0.39, 0.29) is 23.9 Å². The van der Waals surface area contributed by atoms with Crippen molar-refractivity contribution in [1.82, 2.24) is 10.6 Å². The van der Waals surface area contributed by atoms with E-state index in [4.69, 9.17) is 33.0 Å². The highest BCUT2D eigenvalue weighted by Crippen LogP contribution is 2.19. The monoisotopic (exact) mass is 530 g/mol. The average Bonchev–Trinajstić information content (AvgIpc) is 2.88. The lowest BCUT2D eigenvalue weighted by Crippen LogP contribution is -2.37. The molecule has 0 saturated heterocycles. The Hall–Kier alpha value is -1.50. The molecule has 0 heterocycles. The number of halogens is 2. The standard InChI is InChI=1S/C27H44Cl2N2O4/c1-3-23(19-28)30-26(33)21-16-22(27(34)31-24(4-2)20-29)18-25(17-21)35-15-13-11-9-7-5-6-8-10-12-14-32/h16-18,23-24,32H,3-15,19-20H2,1-2H3,(H,30,33)(H,31,34)/t23-,24-/m0/s1. The van der Waals surface area contributed by atoms with Crippen LogP contribution in [0.25, 0.3) is 0 Å². The SMILES string of the molecule is CC[C@@H](CCl)NC(=O)c1cc(OCCCCCCCCCCCO)cc(C(=O)N[C@@H](CC)CCl)c1. The molecule has 0 spiro atoms. The molecule has 3 N–H and O–H groups in total. The van der Waals surface area contributed by atoms with Crippen LogP contribution >= 0.6 is 23.2 Å². The first-order valence-electron chi connectivity index (χ1n) is 13.1. The van der Waals surface area contributed by atoms with E-state index in [1.165, 1.54) is 25.7 Å². The molecular weight excluding hydrogens is 487 g/mol. The van der Waals surface area contributed by atoms with Gasteiger partial charge in [0, 0.05) is 41.6 Å². The predicted octanol–water partition coefficient (Wildman–Crippen LogP) is 6.06. The summed E-state index contributed by atoms with van der Waals surface area (Å²) in [6, 6.07) is 4.67. The minimum atomic E-state index is -0.277. The summed E-state index contributed by atoms with van der Waals surface area (Å²) in [5.41, 5.74) is 0.743. The fraction of sp³-hybridized carbons (Fsp3) is 0.704. The number of nitrogens with one attached hydrogen (secondary N) is 2. The fourth-order valence-electron chi connectivity index (χ4n) is 3.62. The second-order valence-electron chi connectivity index (χ2n) is 8.97. The van der Waals surface area contributed by atoms with Crippen LogP contribution in [0.5, 0.6) is 5.75 Å². The molecule has 0 aliphatic heterocycles. The number of unbranched alkanes of at least 4 members (excludes halogenated alkanes) is 8. The van der Waals surface area contributed by atoms with Crippen molar-refractivity contribution in [2.75, 3.05) is 25.0 Å². The number of carbonyl (C=O) groups excluding carboxylic acids is 2. The van der Waals surface area contributed by atoms with Gasteiger partial charge in [-0.3, -0.25) is 9.59 Å². The molecule has 0 aromatic heterocycles. The van der Waals surface area contributed by atoms with Gasteiger partial charge >= 0.3 is 0 Å². The third kappa shape index (κ3) is 13.4. The highest BCUT2D eigenvalue weighted by atomic mass is 35.5. The molecule has 0 fully saturated rings. The van der Waals surface area contributed by atoms with Crippen LogP contribution in [0.4, 0.5) is 0 Å². The van der Waals surface area contributed by atoms with Crippen LogP contribution in [-0.2, 0) is 0 Å². The highest BCUT2D eigenvalue weighted by molar-refractivity contribution is 6.18. The lowest BCUT2D eigenvalue weighted by atomic mass is 10.1. The van der Waals surface area contributed by atoms with Crippen molar-refractivity contribution >= 4 is 35.0 Å². The van der Waals surface area contributed by atoms with Gasteiger partial charge in [-0.15, -0.1) is 23.2 Å². The Kier molecular flexibility index (Phi) is 17.7. The van der Waals surface area contributed by atoms with Crippen LogP contribution in [0.1, 0.15) is 105 Å². The maximum atomic E-state index is 12.8. The third-order valence-electron chi connectivity index (χ3n) is 6.03. The summed E-state index contributed by atoms with van der Waals surface area (Å²) >= 11 is 11.9. The number of hydrogen-bond acceptors (Lipinski definition) is 4. The van der Waals surface area contributed by atoms with E-state index in [2.05, 4.69) is 10.6 Å². The number of aliphatic hydroxyl groups excluding tert-OH is 1. The summed E-state index contributed by atoms with van der Waals surface area (Å²) in [6.07, 6.45) is 11.4. The van der Waals surface area contributed by atoms with Crippen LogP contribution in [0.15, 0.2) is 18.2 Å². The number of amides is 2. The van der Waals surface area contributed by atoms with E-state index in [1.807, 2.05) is 13.8 Å². The van der Waals surface area contributed by atoms with E-state index in [9.17, 15) is 9.59 Å². The second-order valence-corrected chi connectivity index (χ2v) is 9.58. The van der Waals surface area contributed by atoms with Crippen LogP contribution < -0.4 is 15.4 Å². The van der Waals surface area contributed by atoms with Gasteiger partial charge in [-0.1, -0.05) is 58.8 Å². The summed E-state index contributed by atoms with van der Waals surface area (Å²) in [4.78, 5) is 25.6. The van der Waals surface area contributed by atoms with Gasteiger partial charge in [0.15, 0.2) is 0 Å². The molecule has 1 aromatic carbocycles. The van der Waals surface area contributed by atoms with Gasteiger partial charge in [0.1, 0.15) is 5.75 Å². The number of aliphatic hydroxyl groups is 1. The Morgan fingerprint density at radius 1 is 0.771 bits per heavy atom. The molecule has 2 atom stereocenters. The molecule has 0 aliphatic rings. The maximum absolute atomic E-state index is 12.8. The lowest BCUT2D eigenvalue weighted by molar-refractivity contribution is 0.0939. The Balaban J connectivity index is 2.68. The van der Waals surface area contributed by atoms with Gasteiger partial charge in [0.2, 0.25) is 0 Å². The van der Waals surface area contributed by atoms with E-state index in [1.54, 1.807) is 18.2 Å². The lowest BCUT2D eigenvalue weighted by Gasteiger charge is -2.17. The largest absolute Gasteiger partial charge is 0.494 e. The number of alkyl halides is 2. The van der Waals surface area contributed by atoms with Crippen molar-refractivity contribution in [3.63, 3.8) is 0 Å². The average molecular weight is 532 g/mol. The highest BCUT2D eigenvalue weighted by Gasteiger charge is 2.18. The number of benzene rings is 1. The van der Waals surface area contributed by atoms with Gasteiger partial charge in [-0.05, 0) is 43.9 Å². The Bertz CT molecular complexity index is 681. The maximum Gasteiger partial charge on any atom is 0.251 e. The molecule has 0 unspecified atom stereocenters. The van der Waals surface area contributed by atoms with Gasteiger partial charge in [-0.2, -0.15) is 0 Å². The molecule has 1 aromatic rings. The summed E-state index contributed by atoms with van der Waals surface area (Å²) in [5.74, 6) is 0.593.